The summed E-state index contributed by atoms with van der Waals surface area (Å²) in [6.07, 6.45) is 1.03. The minimum atomic E-state index is -0.613. The Balaban J connectivity index is 1.99. The Kier molecular flexibility index (Phi) is 5.77. The minimum absolute atomic E-state index is 0.0777. The Labute approximate surface area is 147 Å². The Hall–Kier alpha value is -2.44. The zero-order valence-electron chi connectivity index (χ0n) is 15.1. The molecule has 1 aliphatic heterocycles. The number of nitrogens with zero attached hydrogens (tertiary/aromatic N) is 1. The van der Waals surface area contributed by atoms with Crippen LogP contribution in [0.2, 0.25) is 0 Å². The third-order valence-electron chi connectivity index (χ3n) is 3.71. The van der Waals surface area contributed by atoms with Gasteiger partial charge in [0.2, 0.25) is 0 Å². The molecule has 1 atom stereocenters. The number of benzene rings is 1. The zero-order valence-corrected chi connectivity index (χ0v) is 15.1. The number of amides is 1. The molecule has 0 saturated carbocycles. The summed E-state index contributed by atoms with van der Waals surface area (Å²) in [6, 6.07) is 4.42. The monoisotopic (exact) mass is 351 g/mol. The smallest absolute Gasteiger partial charge is 0.410 e. The molecule has 0 aromatic heterocycles. The van der Waals surface area contributed by atoms with Crippen molar-refractivity contribution in [2.45, 2.75) is 45.3 Å². The van der Waals surface area contributed by atoms with Crippen molar-refractivity contribution in [3.8, 4) is 11.5 Å². The number of carbonyl (C=O) groups excluding carboxylic acids is 2. The average molecular weight is 351 g/mol. The third-order valence-corrected chi connectivity index (χ3v) is 3.71. The molecule has 1 saturated heterocycles. The summed E-state index contributed by atoms with van der Waals surface area (Å²) in [5.41, 5.74) is -0.464. The van der Waals surface area contributed by atoms with Crippen LogP contribution in [0.3, 0.4) is 0 Å². The van der Waals surface area contributed by atoms with Gasteiger partial charge in [-0.15, -0.1) is 0 Å². The van der Waals surface area contributed by atoms with Crippen LogP contribution < -0.4 is 4.74 Å². The van der Waals surface area contributed by atoms with Crippen LogP contribution in [0.25, 0.3) is 0 Å². The Bertz CT molecular complexity index is 637. The van der Waals surface area contributed by atoms with E-state index in [1.54, 1.807) is 11.0 Å². The van der Waals surface area contributed by atoms with Crippen LogP contribution >= 0.6 is 0 Å². The summed E-state index contributed by atoms with van der Waals surface area (Å²) in [4.78, 5) is 25.3. The number of rotatable bonds is 3. The lowest BCUT2D eigenvalue weighted by molar-refractivity contribution is 0.00770. The largest absolute Gasteiger partial charge is 0.507 e. The number of phenols is 1. The summed E-state index contributed by atoms with van der Waals surface area (Å²) in [5, 5.41) is 9.92. The maximum absolute atomic E-state index is 12.2. The summed E-state index contributed by atoms with van der Waals surface area (Å²) < 4.78 is 15.8. The van der Waals surface area contributed by atoms with Crippen molar-refractivity contribution in [2.75, 3.05) is 20.2 Å². The molecular formula is C18H25NO6. The first-order chi connectivity index (χ1) is 11.7. The van der Waals surface area contributed by atoms with Crippen LogP contribution in [0, 0.1) is 0 Å². The van der Waals surface area contributed by atoms with Gasteiger partial charge in [-0.1, -0.05) is 0 Å². The lowest BCUT2D eigenvalue weighted by Crippen LogP contribution is -2.46. The van der Waals surface area contributed by atoms with Crippen molar-refractivity contribution in [2.24, 2.45) is 0 Å². The molecule has 138 valence electrons. The third kappa shape index (κ3) is 5.27. The van der Waals surface area contributed by atoms with Crippen LogP contribution in [0.4, 0.5) is 4.79 Å². The maximum Gasteiger partial charge on any atom is 0.410 e. The van der Waals surface area contributed by atoms with E-state index in [4.69, 9.17) is 9.47 Å². The van der Waals surface area contributed by atoms with Crippen molar-refractivity contribution in [1.82, 2.24) is 4.90 Å². The van der Waals surface area contributed by atoms with E-state index in [1.165, 1.54) is 19.2 Å². The van der Waals surface area contributed by atoms with E-state index in [1.807, 2.05) is 20.8 Å². The van der Waals surface area contributed by atoms with Crippen molar-refractivity contribution < 1.29 is 28.9 Å². The van der Waals surface area contributed by atoms with Crippen molar-refractivity contribution >= 4 is 12.1 Å². The molecule has 0 radical (unpaired) electrons. The number of methoxy groups -OCH3 is 1. The first-order valence-corrected chi connectivity index (χ1v) is 8.25. The van der Waals surface area contributed by atoms with Gasteiger partial charge in [0.15, 0.2) is 0 Å². The van der Waals surface area contributed by atoms with E-state index in [0.29, 0.717) is 18.8 Å². The van der Waals surface area contributed by atoms with Crippen LogP contribution in [-0.2, 0) is 9.47 Å². The summed E-state index contributed by atoms with van der Waals surface area (Å²) in [7, 11) is 1.25. The molecule has 7 heteroatoms. The van der Waals surface area contributed by atoms with Gasteiger partial charge in [-0.05, 0) is 45.7 Å². The van der Waals surface area contributed by atoms with Crippen molar-refractivity contribution in [3.05, 3.63) is 23.8 Å². The van der Waals surface area contributed by atoms with Crippen molar-refractivity contribution in [1.29, 1.82) is 0 Å². The van der Waals surface area contributed by atoms with E-state index in [0.717, 1.165) is 12.8 Å². The number of hydrogen-bond acceptors (Lipinski definition) is 6. The van der Waals surface area contributed by atoms with Gasteiger partial charge in [0.1, 0.15) is 28.8 Å². The Morgan fingerprint density at radius 2 is 2.00 bits per heavy atom. The van der Waals surface area contributed by atoms with E-state index < -0.39 is 11.6 Å². The Morgan fingerprint density at radius 3 is 2.60 bits per heavy atom. The molecule has 7 nitrogen and oxygen atoms in total. The molecule has 1 aromatic carbocycles. The van der Waals surface area contributed by atoms with Gasteiger partial charge >= 0.3 is 12.1 Å². The van der Waals surface area contributed by atoms with E-state index in [9.17, 15) is 14.7 Å². The van der Waals surface area contributed by atoms with E-state index in [-0.39, 0.29) is 23.5 Å². The normalized spacial score (nSPS) is 17.8. The highest BCUT2D eigenvalue weighted by molar-refractivity contribution is 5.92. The van der Waals surface area contributed by atoms with E-state index in [2.05, 4.69) is 4.74 Å². The Morgan fingerprint density at radius 1 is 1.28 bits per heavy atom. The van der Waals surface area contributed by atoms with Gasteiger partial charge in [-0.3, -0.25) is 0 Å². The zero-order chi connectivity index (χ0) is 18.6. The maximum atomic E-state index is 12.2. The van der Waals surface area contributed by atoms with Crippen LogP contribution in [0.1, 0.15) is 44.0 Å². The van der Waals surface area contributed by atoms with Gasteiger partial charge in [0.05, 0.1) is 13.7 Å². The molecule has 1 aliphatic rings. The van der Waals surface area contributed by atoms with Gasteiger partial charge in [0.25, 0.3) is 0 Å². The van der Waals surface area contributed by atoms with E-state index >= 15 is 0 Å². The molecular weight excluding hydrogens is 326 g/mol. The molecule has 1 fully saturated rings. The second-order valence-corrected chi connectivity index (χ2v) is 6.98. The van der Waals surface area contributed by atoms with Crippen molar-refractivity contribution in [3.63, 3.8) is 0 Å². The summed E-state index contributed by atoms with van der Waals surface area (Å²) in [5.74, 6) is -0.386. The lowest BCUT2D eigenvalue weighted by atomic mass is 10.1. The molecule has 1 heterocycles. The second kappa shape index (κ2) is 7.63. The molecule has 0 aliphatic carbocycles. The fourth-order valence-electron chi connectivity index (χ4n) is 2.59. The average Bonchev–Trinajstić information content (AvgIpc) is 2.53. The number of ether oxygens (including phenoxy) is 3. The highest BCUT2D eigenvalue weighted by atomic mass is 16.6. The van der Waals surface area contributed by atoms with Gasteiger partial charge in [-0.25, -0.2) is 9.59 Å². The van der Waals surface area contributed by atoms with Crippen LogP contribution in [0.5, 0.6) is 11.5 Å². The molecule has 0 bridgehead atoms. The topological polar surface area (TPSA) is 85.3 Å². The summed E-state index contributed by atoms with van der Waals surface area (Å²) in [6.45, 7) is 6.52. The number of aromatic hydroxyl groups is 1. The van der Waals surface area contributed by atoms with Gasteiger partial charge < -0.3 is 24.2 Å². The standard InChI is InChI=1S/C18H25NO6/c1-18(2,3)25-17(22)19-9-5-6-13(11-19)24-12-7-8-14(15(20)10-12)16(21)23-4/h7-8,10,13,20H,5-6,9,11H2,1-4H3. The molecule has 2 rings (SSSR count). The predicted molar refractivity (Wildman–Crippen MR) is 90.9 cm³/mol. The molecule has 0 spiro atoms. The number of carbonyl (C=O) groups is 2. The number of hydrogen-bond donors (Lipinski definition) is 1. The molecule has 1 amide bonds. The first-order valence-electron chi connectivity index (χ1n) is 8.25. The quantitative estimate of drug-likeness (QED) is 0.843. The first kappa shape index (κ1) is 18.9. The number of piperidine rings is 1. The highest BCUT2D eigenvalue weighted by Gasteiger charge is 2.28. The molecule has 1 aromatic rings. The minimum Gasteiger partial charge on any atom is -0.507 e. The highest BCUT2D eigenvalue weighted by Crippen LogP contribution is 2.26. The summed E-state index contributed by atoms with van der Waals surface area (Å²) >= 11 is 0. The van der Waals surface area contributed by atoms with Gasteiger partial charge in [0, 0.05) is 12.6 Å². The second-order valence-electron chi connectivity index (χ2n) is 6.98. The van der Waals surface area contributed by atoms with Crippen LogP contribution in [-0.4, -0.2) is 54.0 Å². The molecule has 1 unspecified atom stereocenters. The fraction of sp³-hybridized carbons (Fsp3) is 0.556. The number of phenolic OH excluding ortho intramolecular Hbond substituents is 1. The molecule has 25 heavy (non-hydrogen) atoms. The number of likely N-dealkylation sites (tertiary alicyclic amines) is 1. The molecule has 1 N–H and O–H groups in total. The lowest BCUT2D eigenvalue weighted by Gasteiger charge is -2.34. The fourth-order valence-corrected chi connectivity index (χ4v) is 2.59. The number of esters is 1. The predicted octanol–water partition coefficient (Wildman–Crippen LogP) is 2.96. The van der Waals surface area contributed by atoms with Crippen LogP contribution in [0.15, 0.2) is 18.2 Å². The van der Waals surface area contributed by atoms with Gasteiger partial charge in [-0.2, -0.15) is 0 Å². The SMILES string of the molecule is COC(=O)c1ccc(OC2CCCN(C(=O)OC(C)(C)C)C2)cc1O.